The van der Waals surface area contributed by atoms with Gasteiger partial charge in [-0.25, -0.2) is 0 Å². The smallest absolute Gasteiger partial charge is 0.302 e. The highest BCUT2D eigenvalue weighted by Crippen LogP contribution is 2.74. The van der Waals surface area contributed by atoms with Gasteiger partial charge in [-0.15, -0.1) is 0 Å². The summed E-state index contributed by atoms with van der Waals surface area (Å²) in [7, 11) is 0. The third kappa shape index (κ3) is 4.16. The predicted octanol–water partition coefficient (Wildman–Crippen LogP) is 9.23. The Morgan fingerprint density at radius 2 is 1.51 bits per heavy atom. The van der Waals surface area contributed by atoms with Crippen LogP contribution in [0.4, 0.5) is 0 Å². The maximum atomic E-state index is 11.8. The van der Waals surface area contributed by atoms with Crippen molar-refractivity contribution >= 4 is 5.97 Å². The zero-order chi connectivity index (χ0) is 26.0. The predicted molar refractivity (Wildman–Crippen MR) is 147 cm³/mol. The van der Waals surface area contributed by atoms with Gasteiger partial charge < -0.3 is 4.74 Å². The number of rotatable bonds is 5. The van der Waals surface area contributed by atoms with E-state index in [0.29, 0.717) is 28.1 Å². The van der Waals surface area contributed by atoms with Crippen LogP contribution in [0.5, 0.6) is 0 Å². The van der Waals surface area contributed by atoms with Crippen molar-refractivity contribution in [2.75, 3.05) is 0 Å². The van der Waals surface area contributed by atoms with Crippen LogP contribution in [-0.2, 0) is 9.53 Å². The lowest BCUT2D eigenvalue weighted by molar-refractivity contribution is -0.209. The first-order valence-electron chi connectivity index (χ1n) is 15.0. The summed E-state index contributed by atoms with van der Waals surface area (Å²) in [5.41, 5.74) is 2.95. The Kier molecular flexibility index (Phi) is 7.16. The maximum Gasteiger partial charge on any atom is 0.302 e. The van der Waals surface area contributed by atoms with Crippen molar-refractivity contribution in [3.05, 3.63) is 11.6 Å². The SMILES string of the molecule is CC(=O)O[C@@H]1CC[C@]2(C)[C@H]3CC[C@]4(C)[C@@H]([C@H](C)C/C=C(\C)C(C)C)CC[C@@]4(C)[C@@H]3CC[C@H]2C1(C)C. The number of carbonyl (C=O) groups excluding carboxylic acids is 1. The largest absolute Gasteiger partial charge is 0.462 e. The summed E-state index contributed by atoms with van der Waals surface area (Å²) < 4.78 is 5.89. The summed E-state index contributed by atoms with van der Waals surface area (Å²) >= 11 is 0. The van der Waals surface area contributed by atoms with Gasteiger partial charge in [0.15, 0.2) is 0 Å². The molecule has 0 aromatic heterocycles. The van der Waals surface area contributed by atoms with E-state index in [9.17, 15) is 4.79 Å². The first-order chi connectivity index (χ1) is 16.2. The van der Waals surface area contributed by atoms with Gasteiger partial charge in [0.1, 0.15) is 6.10 Å². The molecule has 4 rings (SSSR count). The summed E-state index contributed by atoms with van der Waals surface area (Å²) in [6.45, 7) is 24.0. The minimum Gasteiger partial charge on any atom is -0.462 e. The van der Waals surface area contributed by atoms with E-state index in [1.165, 1.54) is 51.4 Å². The highest BCUT2D eigenvalue weighted by Gasteiger charge is 2.67. The van der Waals surface area contributed by atoms with Gasteiger partial charge in [-0.1, -0.05) is 67.0 Å². The highest BCUT2D eigenvalue weighted by molar-refractivity contribution is 5.66. The Morgan fingerprint density at radius 3 is 2.14 bits per heavy atom. The number of hydrogen-bond acceptors (Lipinski definition) is 2. The molecule has 0 aliphatic heterocycles. The lowest BCUT2D eigenvalue weighted by atomic mass is 9.38. The average molecular weight is 485 g/mol. The zero-order valence-corrected chi connectivity index (χ0v) is 24.8. The zero-order valence-electron chi connectivity index (χ0n) is 24.8. The van der Waals surface area contributed by atoms with Crippen molar-refractivity contribution in [1.29, 1.82) is 0 Å². The van der Waals surface area contributed by atoms with Crippen molar-refractivity contribution in [2.45, 2.75) is 133 Å². The Bertz CT molecular complexity index is 838. The molecule has 4 aliphatic rings. The molecule has 9 atom stereocenters. The highest BCUT2D eigenvalue weighted by atomic mass is 16.5. The van der Waals surface area contributed by atoms with Crippen LogP contribution in [0.25, 0.3) is 0 Å². The summed E-state index contributed by atoms with van der Waals surface area (Å²) in [5.74, 6) is 4.53. The molecule has 0 N–H and O–H groups in total. The van der Waals surface area contributed by atoms with Crippen LogP contribution in [0.3, 0.4) is 0 Å². The molecule has 4 aliphatic carbocycles. The van der Waals surface area contributed by atoms with Crippen LogP contribution < -0.4 is 0 Å². The molecule has 4 saturated carbocycles. The first kappa shape index (κ1) is 27.3. The minimum atomic E-state index is -0.106. The summed E-state index contributed by atoms with van der Waals surface area (Å²) in [4.78, 5) is 11.8. The standard InChI is InChI=1S/C33H56O2/c1-21(2)22(3)11-12-23(4)25-15-19-33(10)27-13-14-28-30(6,7)29(35-24(5)34)17-18-31(28,8)26(27)16-20-32(25,33)9/h11,21,23,25-29H,12-20H2,1-10H3/b22-11+/t23-,25-,26+,27-,28+,29-,31-,32-,33+/m1/s1. The van der Waals surface area contributed by atoms with Crippen LogP contribution >= 0.6 is 0 Å². The fraction of sp³-hybridized carbons (Fsp3) is 0.909. The number of ether oxygens (including phenoxy) is 1. The lowest BCUT2D eigenvalue weighted by Gasteiger charge is -2.67. The first-order valence-corrected chi connectivity index (χ1v) is 15.0. The molecule has 35 heavy (non-hydrogen) atoms. The van der Waals surface area contributed by atoms with Gasteiger partial charge in [0.2, 0.25) is 0 Å². The molecule has 2 nitrogen and oxygen atoms in total. The van der Waals surface area contributed by atoms with E-state index in [0.717, 1.165) is 30.1 Å². The normalized spacial score (nSPS) is 45.9. The van der Waals surface area contributed by atoms with Crippen LogP contribution in [0.1, 0.15) is 127 Å². The number of esters is 1. The molecular formula is C33H56O2. The number of allylic oxidation sites excluding steroid dienone is 2. The van der Waals surface area contributed by atoms with Gasteiger partial charge in [0, 0.05) is 12.3 Å². The van der Waals surface area contributed by atoms with Gasteiger partial charge in [-0.3, -0.25) is 4.79 Å². The van der Waals surface area contributed by atoms with E-state index in [1.54, 1.807) is 12.5 Å². The van der Waals surface area contributed by atoms with Gasteiger partial charge in [0.25, 0.3) is 0 Å². The Balaban J connectivity index is 1.57. The molecule has 4 fully saturated rings. The maximum absolute atomic E-state index is 11.8. The summed E-state index contributed by atoms with van der Waals surface area (Å²) in [6, 6.07) is 0. The molecule has 0 spiro atoms. The van der Waals surface area contributed by atoms with Crippen molar-refractivity contribution in [3.63, 3.8) is 0 Å². The number of carbonyl (C=O) groups is 1. The van der Waals surface area contributed by atoms with E-state index in [-0.39, 0.29) is 17.5 Å². The van der Waals surface area contributed by atoms with Crippen LogP contribution in [0.2, 0.25) is 0 Å². The third-order valence-corrected chi connectivity index (χ3v) is 13.2. The number of hydrogen-bond donors (Lipinski definition) is 0. The van der Waals surface area contributed by atoms with Crippen LogP contribution in [0.15, 0.2) is 11.6 Å². The second-order valence-electron chi connectivity index (χ2n) is 15.1. The topological polar surface area (TPSA) is 26.3 Å². The molecule has 0 aromatic carbocycles. The second kappa shape index (κ2) is 9.20. The Hall–Kier alpha value is -0.790. The molecule has 2 heteroatoms. The van der Waals surface area contributed by atoms with Gasteiger partial charge in [-0.2, -0.15) is 0 Å². The van der Waals surface area contributed by atoms with Crippen molar-refractivity contribution < 1.29 is 9.53 Å². The molecule has 0 heterocycles. The molecule has 0 amide bonds. The molecule has 200 valence electrons. The molecule has 0 saturated heterocycles. The average Bonchev–Trinajstić information content (AvgIpc) is 3.05. The Labute approximate surface area is 217 Å². The van der Waals surface area contributed by atoms with Crippen LogP contribution in [0, 0.1) is 57.2 Å². The summed E-state index contributed by atoms with van der Waals surface area (Å²) in [6.07, 6.45) is 14.5. The molecule has 0 aromatic rings. The molecule has 0 radical (unpaired) electrons. The van der Waals surface area contributed by atoms with Gasteiger partial charge in [-0.05, 0) is 116 Å². The van der Waals surface area contributed by atoms with Gasteiger partial charge >= 0.3 is 5.97 Å². The van der Waals surface area contributed by atoms with Gasteiger partial charge in [0.05, 0.1) is 0 Å². The molecule has 0 bridgehead atoms. The van der Waals surface area contributed by atoms with E-state index < -0.39 is 0 Å². The van der Waals surface area contributed by atoms with E-state index in [2.05, 4.69) is 68.4 Å². The van der Waals surface area contributed by atoms with Crippen molar-refractivity contribution in [2.24, 2.45) is 57.2 Å². The Morgan fingerprint density at radius 1 is 0.857 bits per heavy atom. The number of fused-ring (bicyclic) bond motifs is 5. The second-order valence-corrected chi connectivity index (χ2v) is 15.1. The fourth-order valence-electron chi connectivity index (χ4n) is 10.6. The van der Waals surface area contributed by atoms with Crippen LogP contribution in [-0.4, -0.2) is 12.1 Å². The lowest BCUT2D eigenvalue weighted by Crippen LogP contribution is -2.62. The van der Waals surface area contributed by atoms with Crippen molar-refractivity contribution in [3.8, 4) is 0 Å². The quantitative estimate of drug-likeness (QED) is 0.287. The van der Waals surface area contributed by atoms with E-state index >= 15 is 0 Å². The minimum absolute atomic E-state index is 0.0681. The molecule has 0 unspecified atom stereocenters. The monoisotopic (exact) mass is 484 g/mol. The van der Waals surface area contributed by atoms with Crippen molar-refractivity contribution in [1.82, 2.24) is 0 Å². The fourth-order valence-corrected chi connectivity index (χ4v) is 10.6. The third-order valence-electron chi connectivity index (χ3n) is 13.2. The van der Waals surface area contributed by atoms with E-state index in [1.807, 2.05) is 0 Å². The summed E-state index contributed by atoms with van der Waals surface area (Å²) in [5, 5.41) is 0. The molecular weight excluding hydrogens is 428 g/mol. The van der Waals surface area contributed by atoms with E-state index in [4.69, 9.17) is 4.74 Å².